The summed E-state index contributed by atoms with van der Waals surface area (Å²) in [6.45, 7) is 6.07. The molecule has 0 saturated heterocycles. The Morgan fingerprint density at radius 3 is 2.34 bits per heavy atom. The minimum absolute atomic E-state index is 0.0208. The first-order valence-corrected chi connectivity index (χ1v) is 10.7. The van der Waals surface area contributed by atoms with Crippen LogP contribution in [0, 0.1) is 0 Å². The van der Waals surface area contributed by atoms with Gasteiger partial charge in [-0.15, -0.1) is 0 Å². The third kappa shape index (κ3) is 5.35. The molecule has 2 heterocycles. The van der Waals surface area contributed by atoms with Crippen LogP contribution in [0.1, 0.15) is 64.9 Å². The van der Waals surface area contributed by atoms with Crippen LogP contribution in [-0.4, -0.2) is 34.9 Å². The fourth-order valence-electron chi connectivity index (χ4n) is 3.34. The molecule has 2 aromatic heterocycles. The van der Waals surface area contributed by atoms with Gasteiger partial charge in [0.1, 0.15) is 16.9 Å². The first kappa shape index (κ1) is 23.1. The molecular formula is C25H29N3O4. The summed E-state index contributed by atoms with van der Waals surface area (Å²) >= 11 is 0. The lowest BCUT2D eigenvalue weighted by Gasteiger charge is -2.20. The Bertz CT molecular complexity index is 1120. The van der Waals surface area contributed by atoms with E-state index in [1.807, 2.05) is 44.2 Å². The van der Waals surface area contributed by atoms with E-state index in [-0.39, 0.29) is 17.2 Å². The summed E-state index contributed by atoms with van der Waals surface area (Å²) < 4.78 is 7.04. The summed E-state index contributed by atoms with van der Waals surface area (Å²) in [5.74, 6) is -0.376. The number of carbonyl (C=O) groups excluding carboxylic acids is 2. The highest BCUT2D eigenvalue weighted by Gasteiger charge is 2.23. The molecule has 0 aliphatic heterocycles. The van der Waals surface area contributed by atoms with E-state index in [0.717, 1.165) is 5.56 Å². The smallest absolute Gasteiger partial charge is 0.259 e. The van der Waals surface area contributed by atoms with Gasteiger partial charge in [-0.3, -0.25) is 14.4 Å². The van der Waals surface area contributed by atoms with Gasteiger partial charge < -0.3 is 19.2 Å². The maximum atomic E-state index is 13.1. The summed E-state index contributed by atoms with van der Waals surface area (Å²) in [6, 6.07) is 12.9. The van der Waals surface area contributed by atoms with Crippen LogP contribution in [0.5, 0.6) is 0 Å². The molecule has 1 N–H and O–H groups in total. The van der Waals surface area contributed by atoms with Gasteiger partial charge in [0.15, 0.2) is 0 Å². The lowest BCUT2D eigenvalue weighted by molar-refractivity contribution is 0.0794. The maximum Gasteiger partial charge on any atom is 0.259 e. The van der Waals surface area contributed by atoms with Crippen LogP contribution in [-0.2, 0) is 6.42 Å². The van der Waals surface area contributed by atoms with Crippen LogP contribution in [0.15, 0.2) is 70.3 Å². The first-order valence-electron chi connectivity index (χ1n) is 10.7. The topological polar surface area (TPSA) is 84.5 Å². The number of carbonyl (C=O) groups is 2. The van der Waals surface area contributed by atoms with Gasteiger partial charge >= 0.3 is 0 Å². The number of rotatable bonds is 8. The summed E-state index contributed by atoms with van der Waals surface area (Å²) in [4.78, 5) is 40.7. The number of amides is 2. The number of nitrogens with zero attached hydrogens (tertiary/aromatic N) is 2. The van der Waals surface area contributed by atoms with Crippen LogP contribution >= 0.6 is 0 Å². The SMILES string of the molecule is CC(C)n1cc(C(=O)N[C@H](C)c2ccco2)c(=O)c(C(=O)N(C)CCc2ccccc2)c1. The standard InChI is InChI=1S/C25H29N3O4/c1-17(2)28-15-20(24(30)26-18(3)22-11-8-14-32-22)23(29)21(16-28)25(31)27(4)13-12-19-9-6-5-7-10-19/h5-11,14-18H,12-13H2,1-4H3,(H,26,30)/t18-/m1/s1. The van der Waals surface area contributed by atoms with Gasteiger partial charge in [-0.2, -0.15) is 0 Å². The summed E-state index contributed by atoms with van der Waals surface area (Å²) in [5, 5.41) is 2.78. The Morgan fingerprint density at radius 1 is 1.03 bits per heavy atom. The van der Waals surface area contributed by atoms with Gasteiger partial charge in [0.05, 0.1) is 12.3 Å². The molecule has 0 bridgehead atoms. The van der Waals surface area contributed by atoms with Crippen molar-refractivity contribution in [3.05, 3.63) is 93.8 Å². The van der Waals surface area contributed by atoms with E-state index in [2.05, 4.69) is 5.32 Å². The first-order chi connectivity index (χ1) is 15.3. The second-order valence-corrected chi connectivity index (χ2v) is 8.13. The normalized spacial score (nSPS) is 11.9. The molecule has 0 fully saturated rings. The summed E-state index contributed by atoms with van der Waals surface area (Å²) in [7, 11) is 1.66. The van der Waals surface area contributed by atoms with Gasteiger partial charge in [-0.05, 0) is 44.9 Å². The van der Waals surface area contributed by atoms with E-state index in [4.69, 9.17) is 4.42 Å². The van der Waals surface area contributed by atoms with Crippen LogP contribution < -0.4 is 10.7 Å². The summed E-state index contributed by atoms with van der Waals surface area (Å²) in [6.07, 6.45) is 5.22. The van der Waals surface area contributed by atoms with Gasteiger partial charge in [-0.1, -0.05) is 30.3 Å². The largest absolute Gasteiger partial charge is 0.467 e. The molecule has 0 unspecified atom stereocenters. The van der Waals surface area contributed by atoms with Crippen molar-refractivity contribution in [2.45, 2.75) is 39.3 Å². The van der Waals surface area contributed by atoms with Crippen molar-refractivity contribution in [1.82, 2.24) is 14.8 Å². The monoisotopic (exact) mass is 435 g/mol. The highest BCUT2D eigenvalue weighted by molar-refractivity contribution is 5.99. The van der Waals surface area contributed by atoms with Crippen molar-refractivity contribution in [3.63, 3.8) is 0 Å². The molecule has 7 nitrogen and oxygen atoms in total. The van der Waals surface area contributed by atoms with Crippen molar-refractivity contribution in [1.29, 1.82) is 0 Å². The average Bonchev–Trinajstić information content (AvgIpc) is 3.32. The van der Waals surface area contributed by atoms with Crippen LogP contribution in [0.3, 0.4) is 0 Å². The number of aromatic nitrogens is 1. The van der Waals surface area contributed by atoms with E-state index in [0.29, 0.717) is 18.7 Å². The number of benzene rings is 1. The number of furan rings is 1. The Morgan fingerprint density at radius 2 is 1.72 bits per heavy atom. The quantitative estimate of drug-likeness (QED) is 0.583. The average molecular weight is 436 g/mol. The van der Waals surface area contributed by atoms with E-state index in [9.17, 15) is 14.4 Å². The van der Waals surface area contributed by atoms with Gasteiger partial charge in [0.25, 0.3) is 11.8 Å². The molecule has 0 aliphatic rings. The molecule has 0 spiro atoms. The van der Waals surface area contributed by atoms with Gasteiger partial charge in [0, 0.05) is 32.0 Å². The lowest BCUT2D eigenvalue weighted by Crippen LogP contribution is -2.37. The van der Waals surface area contributed by atoms with Crippen LogP contribution in [0.2, 0.25) is 0 Å². The van der Waals surface area contributed by atoms with Gasteiger partial charge in [0.2, 0.25) is 5.43 Å². The van der Waals surface area contributed by atoms with E-state index in [1.54, 1.807) is 30.7 Å². The summed E-state index contributed by atoms with van der Waals surface area (Å²) in [5.41, 5.74) is 0.432. The minimum atomic E-state index is -0.581. The Labute approximate surface area is 187 Å². The van der Waals surface area contributed by atoms with E-state index in [1.165, 1.54) is 23.6 Å². The highest BCUT2D eigenvalue weighted by Crippen LogP contribution is 2.14. The molecule has 0 aliphatic carbocycles. The van der Waals surface area contributed by atoms with Gasteiger partial charge in [-0.25, -0.2) is 0 Å². The Kier molecular flexibility index (Phi) is 7.30. The van der Waals surface area contributed by atoms with Crippen molar-refractivity contribution in [2.75, 3.05) is 13.6 Å². The molecule has 1 atom stereocenters. The van der Waals surface area contributed by atoms with Crippen molar-refractivity contribution in [3.8, 4) is 0 Å². The molecule has 3 rings (SSSR count). The zero-order chi connectivity index (χ0) is 23.3. The molecule has 0 saturated carbocycles. The van der Waals surface area contributed by atoms with Crippen molar-refractivity contribution < 1.29 is 14.0 Å². The zero-order valence-corrected chi connectivity index (χ0v) is 18.9. The fourth-order valence-corrected chi connectivity index (χ4v) is 3.34. The molecule has 3 aromatic rings. The lowest BCUT2D eigenvalue weighted by atomic mass is 10.1. The molecule has 2 amide bonds. The number of likely N-dealkylation sites (N-methyl/N-ethyl adjacent to an activating group) is 1. The number of hydrogen-bond donors (Lipinski definition) is 1. The second-order valence-electron chi connectivity index (χ2n) is 8.13. The third-order valence-corrected chi connectivity index (χ3v) is 5.36. The third-order valence-electron chi connectivity index (χ3n) is 5.36. The Balaban J connectivity index is 1.85. The minimum Gasteiger partial charge on any atom is -0.467 e. The fraction of sp³-hybridized carbons (Fsp3) is 0.320. The second kappa shape index (κ2) is 10.1. The Hall–Kier alpha value is -3.61. The predicted octanol–water partition coefficient (Wildman–Crippen LogP) is 3.83. The number of hydrogen-bond acceptors (Lipinski definition) is 4. The molecule has 168 valence electrons. The molecule has 7 heteroatoms. The molecule has 0 radical (unpaired) electrons. The number of nitrogens with one attached hydrogen (secondary N) is 1. The molecular weight excluding hydrogens is 406 g/mol. The maximum absolute atomic E-state index is 13.1. The highest BCUT2D eigenvalue weighted by atomic mass is 16.3. The van der Waals surface area contributed by atoms with Crippen molar-refractivity contribution >= 4 is 11.8 Å². The van der Waals surface area contributed by atoms with Crippen LogP contribution in [0.25, 0.3) is 0 Å². The van der Waals surface area contributed by atoms with Crippen molar-refractivity contribution in [2.24, 2.45) is 0 Å². The molecule has 1 aromatic carbocycles. The van der Waals surface area contributed by atoms with Crippen LogP contribution in [0.4, 0.5) is 0 Å². The zero-order valence-electron chi connectivity index (χ0n) is 18.9. The predicted molar refractivity (Wildman–Crippen MR) is 123 cm³/mol. The molecule has 32 heavy (non-hydrogen) atoms. The number of pyridine rings is 1. The van der Waals surface area contributed by atoms with E-state index < -0.39 is 23.3 Å². The van der Waals surface area contributed by atoms with E-state index >= 15 is 0 Å².